The van der Waals surface area contributed by atoms with Crippen LogP contribution in [0.3, 0.4) is 0 Å². The molecular formula is C24H18Cl2N2O. The number of pyridine rings is 1. The van der Waals surface area contributed by atoms with Crippen molar-refractivity contribution in [1.29, 1.82) is 0 Å². The maximum Gasteiger partial charge on any atom is 0.256 e. The molecule has 0 unspecified atom stereocenters. The lowest BCUT2D eigenvalue weighted by Crippen LogP contribution is -2.15. The number of para-hydroxylation sites is 1. The van der Waals surface area contributed by atoms with E-state index >= 15 is 0 Å². The lowest BCUT2D eigenvalue weighted by molar-refractivity contribution is 0.102. The summed E-state index contributed by atoms with van der Waals surface area (Å²) in [7, 11) is 0. The smallest absolute Gasteiger partial charge is 0.256 e. The molecule has 3 nitrogen and oxygen atoms in total. The largest absolute Gasteiger partial charge is 0.322 e. The van der Waals surface area contributed by atoms with Gasteiger partial charge in [0.25, 0.3) is 5.91 Å². The fourth-order valence-corrected chi connectivity index (χ4v) is 3.96. The predicted molar refractivity (Wildman–Crippen MR) is 121 cm³/mol. The zero-order valence-electron chi connectivity index (χ0n) is 16.0. The van der Waals surface area contributed by atoms with Gasteiger partial charge in [0, 0.05) is 21.7 Å². The van der Waals surface area contributed by atoms with E-state index < -0.39 is 0 Å². The molecule has 0 aliphatic heterocycles. The minimum absolute atomic E-state index is 0.182. The zero-order chi connectivity index (χ0) is 20.5. The molecule has 1 amide bonds. The highest BCUT2D eigenvalue weighted by Crippen LogP contribution is 2.35. The summed E-state index contributed by atoms with van der Waals surface area (Å²) in [6.45, 7) is 3.88. The van der Waals surface area contributed by atoms with E-state index in [-0.39, 0.29) is 5.91 Å². The molecule has 0 fully saturated rings. The molecule has 1 N–H and O–H groups in total. The van der Waals surface area contributed by atoms with Crippen molar-refractivity contribution < 1.29 is 4.79 Å². The summed E-state index contributed by atoms with van der Waals surface area (Å²) >= 11 is 12.5. The first-order valence-electron chi connectivity index (χ1n) is 9.17. The van der Waals surface area contributed by atoms with Gasteiger partial charge in [-0.2, -0.15) is 0 Å². The van der Waals surface area contributed by atoms with Gasteiger partial charge < -0.3 is 5.32 Å². The van der Waals surface area contributed by atoms with Crippen LogP contribution in [0.4, 0.5) is 5.69 Å². The highest BCUT2D eigenvalue weighted by atomic mass is 35.5. The van der Waals surface area contributed by atoms with Crippen molar-refractivity contribution in [3.05, 3.63) is 93.5 Å². The summed E-state index contributed by atoms with van der Waals surface area (Å²) in [6.07, 6.45) is 0. The monoisotopic (exact) mass is 420 g/mol. The topological polar surface area (TPSA) is 42.0 Å². The number of anilines is 1. The second-order valence-electron chi connectivity index (χ2n) is 6.93. The van der Waals surface area contributed by atoms with Crippen molar-refractivity contribution in [3.63, 3.8) is 0 Å². The van der Waals surface area contributed by atoms with Gasteiger partial charge in [-0.3, -0.25) is 4.79 Å². The molecule has 0 aliphatic rings. The third kappa shape index (κ3) is 3.84. The zero-order valence-corrected chi connectivity index (χ0v) is 17.5. The number of rotatable bonds is 3. The molecule has 0 aliphatic carbocycles. The van der Waals surface area contributed by atoms with Crippen LogP contribution >= 0.6 is 23.2 Å². The van der Waals surface area contributed by atoms with Gasteiger partial charge in [0.2, 0.25) is 0 Å². The number of aryl methyl sites for hydroxylation is 1. The highest BCUT2D eigenvalue weighted by Gasteiger charge is 2.20. The molecule has 0 radical (unpaired) electrons. The fraction of sp³-hybridized carbons (Fsp3) is 0.0833. The van der Waals surface area contributed by atoms with Gasteiger partial charge in [0.15, 0.2) is 0 Å². The summed E-state index contributed by atoms with van der Waals surface area (Å²) in [5.74, 6) is -0.182. The Morgan fingerprint density at radius 3 is 2.48 bits per heavy atom. The van der Waals surface area contributed by atoms with E-state index in [1.807, 2.05) is 68.4 Å². The van der Waals surface area contributed by atoms with E-state index in [2.05, 4.69) is 5.32 Å². The quantitative estimate of drug-likeness (QED) is 0.384. The minimum Gasteiger partial charge on any atom is -0.322 e. The molecule has 0 spiro atoms. The van der Waals surface area contributed by atoms with E-state index in [1.54, 1.807) is 12.1 Å². The normalized spacial score (nSPS) is 10.9. The second kappa shape index (κ2) is 7.86. The first-order chi connectivity index (χ1) is 13.9. The number of halogens is 2. The third-order valence-electron chi connectivity index (χ3n) is 4.83. The number of benzene rings is 3. The number of fused-ring (bicyclic) bond motifs is 1. The van der Waals surface area contributed by atoms with Crippen LogP contribution < -0.4 is 5.32 Å². The van der Waals surface area contributed by atoms with Gasteiger partial charge in [-0.05, 0) is 61.4 Å². The van der Waals surface area contributed by atoms with Crippen LogP contribution in [0, 0.1) is 13.8 Å². The minimum atomic E-state index is -0.182. The Morgan fingerprint density at radius 1 is 0.931 bits per heavy atom. The molecule has 5 heteroatoms. The summed E-state index contributed by atoms with van der Waals surface area (Å²) in [5, 5.41) is 4.85. The van der Waals surface area contributed by atoms with Gasteiger partial charge in [-0.25, -0.2) is 4.98 Å². The van der Waals surface area contributed by atoms with E-state index in [9.17, 15) is 4.79 Å². The fourth-order valence-electron chi connectivity index (χ4n) is 3.46. The Labute approximate surface area is 179 Å². The lowest BCUT2D eigenvalue weighted by atomic mass is 9.97. The molecule has 29 heavy (non-hydrogen) atoms. The number of hydrogen-bond donors (Lipinski definition) is 1. The van der Waals surface area contributed by atoms with Crippen LogP contribution in [0.1, 0.15) is 21.5 Å². The average molecular weight is 421 g/mol. The van der Waals surface area contributed by atoms with E-state index in [0.29, 0.717) is 21.3 Å². The Balaban J connectivity index is 1.90. The standard InChI is InChI=1S/C24H18Cl2N2O/c1-14-6-5-7-17(12-14)27-24(29)22-15(2)23(18-11-10-16(25)13-20(18)26)28-21-9-4-3-8-19(21)22/h3-13H,1-2H3,(H,27,29). The molecule has 0 atom stereocenters. The number of carbonyl (C=O) groups excluding carboxylic acids is 1. The van der Waals surface area contributed by atoms with Crippen molar-refractivity contribution in [2.45, 2.75) is 13.8 Å². The molecule has 1 heterocycles. The highest BCUT2D eigenvalue weighted by molar-refractivity contribution is 6.36. The maximum absolute atomic E-state index is 13.3. The SMILES string of the molecule is Cc1cccc(NC(=O)c2c(C)c(-c3ccc(Cl)cc3Cl)nc3ccccc23)c1. The number of aromatic nitrogens is 1. The molecule has 4 rings (SSSR count). The van der Waals surface area contributed by atoms with Crippen LogP contribution in [-0.2, 0) is 0 Å². The third-order valence-corrected chi connectivity index (χ3v) is 5.37. The molecular weight excluding hydrogens is 403 g/mol. The van der Waals surface area contributed by atoms with Crippen LogP contribution in [0.2, 0.25) is 10.0 Å². The summed E-state index contributed by atoms with van der Waals surface area (Å²) in [5.41, 5.74) is 5.31. The van der Waals surface area contributed by atoms with Crippen molar-refractivity contribution in [2.24, 2.45) is 0 Å². The molecule has 0 saturated carbocycles. The second-order valence-corrected chi connectivity index (χ2v) is 7.77. The Bertz CT molecular complexity index is 1250. The summed E-state index contributed by atoms with van der Waals surface area (Å²) < 4.78 is 0. The van der Waals surface area contributed by atoms with Gasteiger partial charge >= 0.3 is 0 Å². The molecule has 144 valence electrons. The predicted octanol–water partition coefficient (Wildman–Crippen LogP) is 7.08. The van der Waals surface area contributed by atoms with Crippen molar-refractivity contribution in [1.82, 2.24) is 4.98 Å². The first kappa shape index (κ1) is 19.4. The Morgan fingerprint density at radius 2 is 1.72 bits per heavy atom. The van der Waals surface area contributed by atoms with E-state index in [4.69, 9.17) is 28.2 Å². The molecule has 3 aromatic carbocycles. The Hall–Kier alpha value is -2.88. The van der Waals surface area contributed by atoms with Gasteiger partial charge in [0.05, 0.1) is 21.8 Å². The van der Waals surface area contributed by atoms with Crippen molar-refractivity contribution >= 4 is 45.7 Å². The maximum atomic E-state index is 13.3. The number of amides is 1. The summed E-state index contributed by atoms with van der Waals surface area (Å²) in [6, 6.07) is 20.6. The van der Waals surface area contributed by atoms with Gasteiger partial charge in [-0.1, -0.05) is 53.5 Å². The number of carbonyl (C=O) groups is 1. The van der Waals surface area contributed by atoms with Crippen LogP contribution in [0.5, 0.6) is 0 Å². The first-order valence-corrected chi connectivity index (χ1v) is 9.92. The van der Waals surface area contributed by atoms with Crippen LogP contribution in [0.15, 0.2) is 66.7 Å². The van der Waals surface area contributed by atoms with Crippen LogP contribution in [-0.4, -0.2) is 10.9 Å². The summed E-state index contributed by atoms with van der Waals surface area (Å²) in [4.78, 5) is 18.1. The van der Waals surface area contributed by atoms with Gasteiger partial charge in [-0.15, -0.1) is 0 Å². The Kier molecular flexibility index (Phi) is 5.27. The molecule has 4 aromatic rings. The lowest BCUT2D eigenvalue weighted by Gasteiger charge is -2.16. The number of nitrogens with one attached hydrogen (secondary N) is 1. The molecule has 1 aromatic heterocycles. The van der Waals surface area contributed by atoms with Gasteiger partial charge in [0.1, 0.15) is 0 Å². The average Bonchev–Trinajstić information content (AvgIpc) is 2.68. The molecule has 0 saturated heterocycles. The van der Waals surface area contributed by atoms with E-state index in [0.717, 1.165) is 33.3 Å². The van der Waals surface area contributed by atoms with Crippen molar-refractivity contribution in [3.8, 4) is 11.3 Å². The van der Waals surface area contributed by atoms with E-state index in [1.165, 1.54) is 0 Å². The number of nitrogens with zero attached hydrogens (tertiary/aromatic N) is 1. The number of hydrogen-bond acceptors (Lipinski definition) is 2. The molecule has 0 bridgehead atoms. The van der Waals surface area contributed by atoms with Crippen molar-refractivity contribution in [2.75, 3.05) is 5.32 Å². The van der Waals surface area contributed by atoms with Crippen LogP contribution in [0.25, 0.3) is 22.2 Å².